The van der Waals surface area contributed by atoms with Crippen molar-refractivity contribution in [2.45, 2.75) is 63.0 Å². The summed E-state index contributed by atoms with van der Waals surface area (Å²) in [5.41, 5.74) is 4.62. The monoisotopic (exact) mass is 442 g/mol. The van der Waals surface area contributed by atoms with Gasteiger partial charge in [-0.1, -0.05) is 12.1 Å². The molecular weight excluding hydrogens is 417 g/mol. The number of hydrogen-bond donors (Lipinski definition) is 1. The van der Waals surface area contributed by atoms with Crippen LogP contribution in [0.2, 0.25) is 0 Å². The summed E-state index contributed by atoms with van der Waals surface area (Å²) in [5.74, 6) is -4.35. The molecule has 0 bridgehead atoms. The van der Waals surface area contributed by atoms with E-state index in [1.165, 1.54) is 32.9 Å². The van der Waals surface area contributed by atoms with Gasteiger partial charge in [-0.05, 0) is 63.3 Å². The lowest BCUT2D eigenvalue weighted by Crippen LogP contribution is -2.56. The summed E-state index contributed by atoms with van der Waals surface area (Å²) in [6, 6.07) is 8.20. The normalized spacial score (nSPS) is 26.0. The number of nitrogens with two attached hydrogens (primary N) is 1. The molecule has 0 saturated heterocycles. The van der Waals surface area contributed by atoms with E-state index in [0.29, 0.717) is 17.5 Å². The predicted octanol–water partition coefficient (Wildman–Crippen LogP) is 4.38. The Kier molecular flexibility index (Phi) is 5.29. The van der Waals surface area contributed by atoms with Crippen LogP contribution in [0, 0.1) is 17.1 Å². The minimum absolute atomic E-state index is 0.0619. The van der Waals surface area contributed by atoms with E-state index >= 15 is 8.78 Å². The molecule has 1 aromatic heterocycles. The van der Waals surface area contributed by atoms with Gasteiger partial charge in [-0.3, -0.25) is 9.98 Å². The molecule has 0 unspecified atom stereocenters. The first-order valence-corrected chi connectivity index (χ1v) is 10.5. The van der Waals surface area contributed by atoms with Gasteiger partial charge < -0.3 is 10.5 Å². The van der Waals surface area contributed by atoms with Crippen LogP contribution in [-0.4, -0.2) is 29.0 Å². The molecule has 168 valence electrons. The summed E-state index contributed by atoms with van der Waals surface area (Å²) >= 11 is 0. The zero-order valence-corrected chi connectivity index (χ0v) is 18.3. The molecule has 8 heteroatoms. The molecule has 0 amide bonds. The Morgan fingerprint density at radius 3 is 2.72 bits per heavy atom. The van der Waals surface area contributed by atoms with Crippen LogP contribution in [0.1, 0.15) is 61.1 Å². The molecule has 1 aliphatic heterocycles. The van der Waals surface area contributed by atoms with Crippen LogP contribution in [-0.2, 0) is 23.1 Å². The number of halogens is 3. The average molecular weight is 442 g/mol. The number of amidine groups is 1. The summed E-state index contributed by atoms with van der Waals surface area (Å²) < 4.78 is 51.6. The van der Waals surface area contributed by atoms with Crippen molar-refractivity contribution in [2.75, 3.05) is 6.61 Å². The zero-order chi connectivity index (χ0) is 23.3. The maximum Gasteiger partial charge on any atom is 0.304 e. The molecule has 0 saturated carbocycles. The van der Waals surface area contributed by atoms with Crippen molar-refractivity contribution in [3.05, 3.63) is 64.2 Å². The van der Waals surface area contributed by atoms with Crippen LogP contribution in [0.25, 0.3) is 0 Å². The zero-order valence-electron chi connectivity index (χ0n) is 18.3. The molecule has 0 fully saturated rings. The summed E-state index contributed by atoms with van der Waals surface area (Å²) in [7, 11) is 0. The average Bonchev–Trinajstić information content (AvgIpc) is 3.12. The second kappa shape index (κ2) is 7.59. The summed E-state index contributed by atoms with van der Waals surface area (Å²) in [6.45, 7) is 3.47. The van der Waals surface area contributed by atoms with Gasteiger partial charge in [0.15, 0.2) is 5.54 Å². The van der Waals surface area contributed by atoms with Gasteiger partial charge in [0.25, 0.3) is 0 Å². The number of pyridine rings is 1. The molecule has 2 atom stereocenters. The number of ether oxygens (including phenoxy) is 1. The first kappa shape index (κ1) is 22.3. The number of benzene rings is 1. The van der Waals surface area contributed by atoms with Crippen molar-refractivity contribution < 1.29 is 17.9 Å². The van der Waals surface area contributed by atoms with Crippen molar-refractivity contribution >= 4 is 5.84 Å². The Morgan fingerprint density at radius 1 is 1.25 bits per heavy atom. The summed E-state index contributed by atoms with van der Waals surface area (Å²) in [4.78, 5) is 8.50. The molecule has 1 aromatic carbocycles. The van der Waals surface area contributed by atoms with Crippen molar-refractivity contribution in [3.63, 3.8) is 0 Å². The lowest BCUT2D eigenvalue weighted by atomic mass is 9.77. The molecule has 5 nitrogen and oxygen atoms in total. The SMILES string of the molecule is CC1(C)OCC(N)=N[C@](C)(c2cc(C[C@@H]3CCc4cc(C#N)cnc43)ccc2F)C1(F)F. The first-order chi connectivity index (χ1) is 15.0. The number of hydrogen-bond acceptors (Lipinski definition) is 5. The van der Waals surface area contributed by atoms with E-state index in [1.54, 1.807) is 12.3 Å². The van der Waals surface area contributed by atoms with Gasteiger partial charge in [-0.25, -0.2) is 13.2 Å². The Bertz CT molecular complexity index is 1140. The Labute approximate surface area is 185 Å². The minimum Gasteiger partial charge on any atom is -0.385 e. The van der Waals surface area contributed by atoms with Crippen LogP contribution < -0.4 is 5.73 Å². The maximum atomic E-state index is 15.6. The molecule has 4 rings (SSSR count). The van der Waals surface area contributed by atoms with Crippen LogP contribution in [0.5, 0.6) is 0 Å². The molecule has 2 aliphatic rings. The van der Waals surface area contributed by atoms with E-state index < -0.39 is 22.9 Å². The van der Waals surface area contributed by atoms with Gasteiger partial charge in [0, 0.05) is 23.4 Å². The molecule has 1 aliphatic carbocycles. The van der Waals surface area contributed by atoms with Gasteiger partial charge in [0.2, 0.25) is 0 Å². The number of aromatic nitrogens is 1. The van der Waals surface area contributed by atoms with Crippen LogP contribution >= 0.6 is 0 Å². The third kappa shape index (κ3) is 3.45. The van der Waals surface area contributed by atoms with Crippen LogP contribution in [0.3, 0.4) is 0 Å². The third-order valence-electron chi connectivity index (χ3n) is 6.63. The highest BCUT2D eigenvalue weighted by molar-refractivity contribution is 5.82. The van der Waals surface area contributed by atoms with Gasteiger partial charge >= 0.3 is 5.92 Å². The van der Waals surface area contributed by atoms with E-state index in [0.717, 1.165) is 24.1 Å². The Hall–Kier alpha value is -2.92. The number of rotatable bonds is 3. The fraction of sp³-hybridized carbons (Fsp3) is 0.458. The standard InChI is InChI=1S/C24H25F3N4O/c1-22(2)24(26,27)23(3,31-20(29)13-32-22)18-10-14(4-7-19(18)25)8-16-5-6-17-9-15(11-28)12-30-21(16)17/h4,7,9-10,12,16H,5-6,8,13H2,1-3H3,(H2,29,31)/t16-,23+/m0/s1. The highest BCUT2D eigenvalue weighted by Crippen LogP contribution is 2.50. The predicted molar refractivity (Wildman–Crippen MR) is 114 cm³/mol. The van der Waals surface area contributed by atoms with Gasteiger partial charge in [0.1, 0.15) is 29.9 Å². The van der Waals surface area contributed by atoms with E-state index in [-0.39, 0.29) is 23.9 Å². The van der Waals surface area contributed by atoms with Crippen molar-refractivity contribution in [3.8, 4) is 6.07 Å². The first-order valence-electron chi connectivity index (χ1n) is 10.5. The van der Waals surface area contributed by atoms with Gasteiger partial charge in [-0.15, -0.1) is 0 Å². The molecule has 0 radical (unpaired) electrons. The highest BCUT2D eigenvalue weighted by Gasteiger charge is 2.63. The summed E-state index contributed by atoms with van der Waals surface area (Å²) in [5, 5.41) is 9.08. The fourth-order valence-electron chi connectivity index (χ4n) is 4.72. The number of fused-ring (bicyclic) bond motifs is 1. The molecule has 0 spiro atoms. The summed E-state index contributed by atoms with van der Waals surface area (Å²) in [6.07, 6.45) is 3.67. The van der Waals surface area contributed by atoms with E-state index in [2.05, 4.69) is 16.0 Å². The number of alkyl halides is 2. The Balaban J connectivity index is 1.73. The topological polar surface area (TPSA) is 84.3 Å². The van der Waals surface area contributed by atoms with Crippen LogP contribution in [0.15, 0.2) is 35.5 Å². The quantitative estimate of drug-likeness (QED) is 0.765. The van der Waals surface area contributed by atoms with E-state index in [9.17, 15) is 4.39 Å². The van der Waals surface area contributed by atoms with Gasteiger partial charge in [-0.2, -0.15) is 5.26 Å². The molecule has 2 heterocycles. The third-order valence-corrected chi connectivity index (χ3v) is 6.63. The Morgan fingerprint density at radius 2 is 2.00 bits per heavy atom. The molecule has 2 aromatic rings. The van der Waals surface area contributed by atoms with Crippen molar-refractivity contribution in [1.82, 2.24) is 4.98 Å². The number of nitriles is 1. The fourth-order valence-corrected chi connectivity index (χ4v) is 4.72. The van der Waals surface area contributed by atoms with Crippen molar-refractivity contribution in [1.29, 1.82) is 5.26 Å². The van der Waals surface area contributed by atoms with Crippen LogP contribution in [0.4, 0.5) is 13.2 Å². The van der Waals surface area contributed by atoms with Crippen molar-refractivity contribution in [2.24, 2.45) is 10.7 Å². The van der Waals surface area contributed by atoms with Gasteiger partial charge in [0.05, 0.1) is 5.56 Å². The van der Waals surface area contributed by atoms with E-state index in [4.69, 9.17) is 15.7 Å². The second-order valence-corrected chi connectivity index (χ2v) is 9.18. The second-order valence-electron chi connectivity index (χ2n) is 9.18. The number of aryl methyl sites for hydroxylation is 1. The molecule has 32 heavy (non-hydrogen) atoms. The largest absolute Gasteiger partial charge is 0.385 e. The molecule has 2 N–H and O–H groups in total. The lowest BCUT2D eigenvalue weighted by molar-refractivity contribution is -0.214. The maximum absolute atomic E-state index is 15.6. The lowest BCUT2D eigenvalue weighted by Gasteiger charge is -2.42. The molecular formula is C24H25F3N4O. The number of nitrogens with zero attached hydrogens (tertiary/aromatic N) is 3. The minimum atomic E-state index is -3.53. The highest BCUT2D eigenvalue weighted by atomic mass is 19.3. The number of aliphatic imine (C=N–C) groups is 1. The smallest absolute Gasteiger partial charge is 0.304 e. The van der Waals surface area contributed by atoms with E-state index in [1.807, 2.05) is 6.07 Å².